The number of hydrogen-bond acceptors (Lipinski definition) is 3. The summed E-state index contributed by atoms with van der Waals surface area (Å²) >= 11 is 7.50. The van der Waals surface area contributed by atoms with Crippen molar-refractivity contribution in [3.63, 3.8) is 0 Å². The summed E-state index contributed by atoms with van der Waals surface area (Å²) < 4.78 is 1.67. The van der Waals surface area contributed by atoms with E-state index in [0.717, 1.165) is 21.2 Å². The van der Waals surface area contributed by atoms with Crippen molar-refractivity contribution < 1.29 is 4.79 Å². The zero-order valence-corrected chi connectivity index (χ0v) is 14.6. The first kappa shape index (κ1) is 16.6. The smallest absolute Gasteiger partial charge is 0.246 e. The molecule has 3 rings (SSSR count). The van der Waals surface area contributed by atoms with E-state index in [9.17, 15) is 4.79 Å². The van der Waals surface area contributed by atoms with Gasteiger partial charge in [-0.3, -0.25) is 9.48 Å². The molecule has 4 nitrogen and oxygen atoms in total. The van der Waals surface area contributed by atoms with Gasteiger partial charge in [-0.05, 0) is 49.4 Å². The first-order valence-electron chi connectivity index (χ1n) is 7.42. The van der Waals surface area contributed by atoms with Crippen molar-refractivity contribution >= 4 is 35.0 Å². The zero-order valence-electron chi connectivity index (χ0n) is 13.1. The van der Waals surface area contributed by atoms with Gasteiger partial charge in [-0.15, -0.1) is 0 Å². The average Bonchev–Trinajstić information content (AvgIpc) is 2.96. The molecule has 0 aliphatic heterocycles. The number of carbonyl (C=O) groups is 1. The van der Waals surface area contributed by atoms with Crippen LogP contribution in [0.5, 0.6) is 0 Å². The van der Waals surface area contributed by atoms with Gasteiger partial charge in [0.25, 0.3) is 0 Å². The van der Waals surface area contributed by atoms with Crippen LogP contribution in [0.3, 0.4) is 0 Å². The van der Waals surface area contributed by atoms with Crippen molar-refractivity contribution in [2.24, 2.45) is 0 Å². The van der Waals surface area contributed by atoms with E-state index in [1.165, 1.54) is 0 Å². The monoisotopic (exact) mass is 357 g/mol. The molecule has 3 aromatic rings. The number of para-hydroxylation sites is 1. The average molecular weight is 358 g/mol. The summed E-state index contributed by atoms with van der Waals surface area (Å²) in [4.78, 5) is 14.3. The Balaban J connectivity index is 1.73. The highest BCUT2D eigenvalue weighted by Crippen LogP contribution is 2.33. The summed E-state index contributed by atoms with van der Waals surface area (Å²) in [6.45, 7) is 2.11. The van der Waals surface area contributed by atoms with Crippen LogP contribution in [-0.2, 0) is 11.3 Å². The van der Waals surface area contributed by atoms with E-state index in [-0.39, 0.29) is 12.5 Å². The van der Waals surface area contributed by atoms with Gasteiger partial charge in [-0.1, -0.05) is 35.5 Å². The second-order valence-electron chi connectivity index (χ2n) is 5.23. The number of carbonyl (C=O) groups excluding carboxylic acids is 1. The van der Waals surface area contributed by atoms with Crippen LogP contribution >= 0.6 is 23.4 Å². The molecule has 2 aromatic carbocycles. The first-order chi connectivity index (χ1) is 11.6. The number of benzene rings is 2. The van der Waals surface area contributed by atoms with E-state index < -0.39 is 0 Å². The first-order valence-corrected chi connectivity index (χ1v) is 8.62. The normalized spacial score (nSPS) is 10.6. The highest BCUT2D eigenvalue weighted by Gasteiger charge is 2.10. The molecular weight excluding hydrogens is 342 g/mol. The highest BCUT2D eigenvalue weighted by atomic mass is 35.5. The SMILES string of the molecule is Cc1ccnn1CC(=O)Nc1ccccc1Sc1ccc(Cl)cc1. The Hall–Kier alpha value is -2.24. The summed E-state index contributed by atoms with van der Waals surface area (Å²) in [5.41, 5.74) is 1.74. The lowest BCUT2D eigenvalue weighted by atomic mass is 10.3. The van der Waals surface area contributed by atoms with Crippen molar-refractivity contribution in [1.82, 2.24) is 9.78 Å². The quantitative estimate of drug-likeness (QED) is 0.723. The molecule has 0 fully saturated rings. The largest absolute Gasteiger partial charge is 0.323 e. The molecule has 122 valence electrons. The van der Waals surface area contributed by atoms with E-state index in [1.807, 2.05) is 61.5 Å². The predicted octanol–water partition coefficient (Wildman–Crippen LogP) is 4.63. The second-order valence-corrected chi connectivity index (χ2v) is 6.78. The minimum Gasteiger partial charge on any atom is -0.323 e. The minimum absolute atomic E-state index is 0.106. The van der Waals surface area contributed by atoms with Crippen molar-refractivity contribution in [2.75, 3.05) is 5.32 Å². The van der Waals surface area contributed by atoms with Gasteiger partial charge in [-0.25, -0.2) is 0 Å². The predicted molar refractivity (Wildman–Crippen MR) is 97.6 cm³/mol. The van der Waals surface area contributed by atoms with E-state index in [2.05, 4.69) is 10.4 Å². The number of amides is 1. The number of halogens is 1. The lowest BCUT2D eigenvalue weighted by molar-refractivity contribution is -0.116. The van der Waals surface area contributed by atoms with Gasteiger partial charge in [-0.2, -0.15) is 5.10 Å². The van der Waals surface area contributed by atoms with Gasteiger partial charge in [0.1, 0.15) is 6.54 Å². The molecule has 1 heterocycles. The fourth-order valence-electron chi connectivity index (χ4n) is 2.18. The lowest BCUT2D eigenvalue weighted by Crippen LogP contribution is -2.20. The van der Waals surface area contributed by atoms with Crippen LogP contribution < -0.4 is 5.32 Å². The number of aryl methyl sites for hydroxylation is 1. The van der Waals surface area contributed by atoms with Crippen molar-refractivity contribution in [2.45, 2.75) is 23.3 Å². The van der Waals surface area contributed by atoms with Crippen molar-refractivity contribution in [3.05, 3.63) is 71.5 Å². The minimum atomic E-state index is -0.106. The fraction of sp³-hybridized carbons (Fsp3) is 0.111. The van der Waals surface area contributed by atoms with Gasteiger partial charge in [0.2, 0.25) is 5.91 Å². The number of hydrogen-bond donors (Lipinski definition) is 1. The van der Waals surface area contributed by atoms with E-state index in [0.29, 0.717) is 5.02 Å². The maximum absolute atomic E-state index is 12.3. The molecule has 0 radical (unpaired) electrons. The summed E-state index contributed by atoms with van der Waals surface area (Å²) in [6, 6.07) is 17.2. The molecule has 0 saturated carbocycles. The van der Waals surface area contributed by atoms with E-state index >= 15 is 0 Å². The molecule has 0 unspecified atom stereocenters. The molecule has 1 N–H and O–H groups in total. The molecule has 1 aromatic heterocycles. The maximum Gasteiger partial charge on any atom is 0.246 e. The van der Waals surface area contributed by atoms with E-state index in [1.54, 1.807) is 22.6 Å². The Morgan fingerprint density at radius 3 is 2.62 bits per heavy atom. The van der Waals surface area contributed by atoms with Crippen molar-refractivity contribution in [3.8, 4) is 0 Å². The molecule has 0 saturated heterocycles. The van der Waals surface area contributed by atoms with Crippen LogP contribution in [-0.4, -0.2) is 15.7 Å². The molecule has 0 aliphatic carbocycles. The summed E-state index contributed by atoms with van der Waals surface area (Å²) in [5.74, 6) is -0.106. The van der Waals surface area contributed by atoms with Gasteiger partial charge in [0.05, 0.1) is 5.69 Å². The summed E-state index contributed by atoms with van der Waals surface area (Å²) in [6.07, 6.45) is 1.69. The molecule has 6 heteroatoms. The second kappa shape index (κ2) is 7.55. The van der Waals surface area contributed by atoms with Gasteiger partial charge in [0, 0.05) is 26.7 Å². The number of nitrogens with zero attached hydrogens (tertiary/aromatic N) is 2. The number of aromatic nitrogens is 2. The zero-order chi connectivity index (χ0) is 16.9. The highest BCUT2D eigenvalue weighted by molar-refractivity contribution is 7.99. The van der Waals surface area contributed by atoms with Gasteiger partial charge < -0.3 is 5.32 Å². The fourth-order valence-corrected chi connectivity index (χ4v) is 3.21. The maximum atomic E-state index is 12.3. The lowest BCUT2D eigenvalue weighted by Gasteiger charge is -2.11. The van der Waals surface area contributed by atoms with Crippen LogP contribution in [0.2, 0.25) is 5.02 Å². The molecule has 24 heavy (non-hydrogen) atoms. The number of rotatable bonds is 5. The Bertz CT molecular complexity index is 845. The molecule has 0 atom stereocenters. The molecule has 0 aliphatic rings. The van der Waals surface area contributed by atoms with Crippen LogP contribution in [0, 0.1) is 6.92 Å². The Kier molecular flexibility index (Phi) is 5.23. The van der Waals surface area contributed by atoms with Gasteiger partial charge >= 0.3 is 0 Å². The number of anilines is 1. The Morgan fingerprint density at radius 1 is 1.17 bits per heavy atom. The third-order valence-corrected chi connectivity index (χ3v) is 4.76. The summed E-state index contributed by atoms with van der Waals surface area (Å²) in [7, 11) is 0. The van der Waals surface area contributed by atoms with Crippen LogP contribution in [0.1, 0.15) is 5.69 Å². The topological polar surface area (TPSA) is 46.9 Å². The Labute approximate surface area is 149 Å². The molecule has 1 amide bonds. The van der Waals surface area contributed by atoms with Crippen LogP contribution in [0.15, 0.2) is 70.6 Å². The molecular formula is C18H16ClN3OS. The van der Waals surface area contributed by atoms with Crippen molar-refractivity contribution in [1.29, 1.82) is 0 Å². The molecule has 0 spiro atoms. The van der Waals surface area contributed by atoms with Crippen LogP contribution in [0.4, 0.5) is 5.69 Å². The van der Waals surface area contributed by atoms with E-state index in [4.69, 9.17) is 11.6 Å². The third kappa shape index (κ3) is 4.19. The number of nitrogens with one attached hydrogen (secondary N) is 1. The van der Waals surface area contributed by atoms with Crippen LogP contribution in [0.25, 0.3) is 0 Å². The standard InChI is InChI=1S/C18H16ClN3OS/c1-13-10-11-20-22(13)12-18(23)21-16-4-2-3-5-17(16)24-15-8-6-14(19)7-9-15/h2-11H,12H2,1H3,(H,21,23). The summed E-state index contributed by atoms with van der Waals surface area (Å²) in [5, 5.41) is 7.80. The third-order valence-electron chi connectivity index (χ3n) is 3.42. The Morgan fingerprint density at radius 2 is 1.92 bits per heavy atom. The molecule has 0 bridgehead atoms. The van der Waals surface area contributed by atoms with Gasteiger partial charge in [0.15, 0.2) is 0 Å².